The summed E-state index contributed by atoms with van der Waals surface area (Å²) in [4.78, 5) is 21.8. The Morgan fingerprint density at radius 3 is 2.83 bits per heavy atom. The first kappa shape index (κ1) is 14.6. The maximum atomic E-state index is 12.5. The van der Waals surface area contributed by atoms with Crippen LogP contribution in [0.4, 0.5) is 0 Å². The van der Waals surface area contributed by atoms with Crippen molar-refractivity contribution in [2.75, 3.05) is 6.54 Å². The molecule has 0 unspecified atom stereocenters. The van der Waals surface area contributed by atoms with Crippen molar-refractivity contribution in [3.8, 4) is 10.6 Å². The number of hydrogen-bond donors (Lipinski definition) is 1. The average Bonchev–Trinajstić information content (AvgIpc) is 3.28. The Labute approximate surface area is 139 Å². The number of hydrogen-bond acceptors (Lipinski definition) is 4. The molecule has 0 spiro atoms. The van der Waals surface area contributed by atoms with Gasteiger partial charge in [-0.15, -0.1) is 11.3 Å². The van der Waals surface area contributed by atoms with Gasteiger partial charge in [0.05, 0.1) is 5.69 Å². The molecule has 3 atom stereocenters. The zero-order chi connectivity index (χ0) is 15.8. The second kappa shape index (κ2) is 5.89. The van der Waals surface area contributed by atoms with Gasteiger partial charge in [-0.2, -0.15) is 0 Å². The Hall–Kier alpha value is -2.01. The highest BCUT2D eigenvalue weighted by atomic mass is 32.1. The average molecular weight is 325 g/mol. The van der Waals surface area contributed by atoms with Crippen LogP contribution in [-0.4, -0.2) is 22.4 Å². The van der Waals surface area contributed by atoms with E-state index in [9.17, 15) is 4.79 Å². The zero-order valence-electron chi connectivity index (χ0n) is 13.0. The molecule has 2 heterocycles. The Kier molecular flexibility index (Phi) is 3.73. The van der Waals surface area contributed by atoms with Gasteiger partial charge in [-0.25, -0.2) is 4.98 Å². The van der Waals surface area contributed by atoms with Gasteiger partial charge in [0, 0.05) is 24.5 Å². The molecular weight excluding hydrogens is 306 g/mol. The van der Waals surface area contributed by atoms with Crippen molar-refractivity contribution in [3.05, 3.63) is 47.2 Å². The van der Waals surface area contributed by atoms with Crippen LogP contribution in [0.1, 0.15) is 28.2 Å². The quantitative estimate of drug-likeness (QED) is 0.876. The van der Waals surface area contributed by atoms with Gasteiger partial charge < -0.3 is 5.32 Å². The van der Waals surface area contributed by atoms with E-state index >= 15 is 0 Å². The summed E-state index contributed by atoms with van der Waals surface area (Å²) in [6.45, 7) is 2.67. The lowest BCUT2D eigenvalue weighted by Gasteiger charge is -2.18. The number of aromatic nitrogens is 2. The predicted molar refractivity (Wildman–Crippen MR) is 91.3 cm³/mol. The molecule has 1 fully saturated rings. The van der Waals surface area contributed by atoms with Gasteiger partial charge in [-0.3, -0.25) is 9.78 Å². The van der Waals surface area contributed by atoms with Crippen LogP contribution in [0.2, 0.25) is 0 Å². The molecular formula is C18H19N3OS. The number of nitrogens with zero attached hydrogens (tertiary/aromatic N) is 2. The van der Waals surface area contributed by atoms with Crippen LogP contribution in [0.5, 0.6) is 0 Å². The molecule has 1 saturated carbocycles. The molecule has 23 heavy (non-hydrogen) atoms. The summed E-state index contributed by atoms with van der Waals surface area (Å²) in [6.07, 6.45) is 10.6. The fourth-order valence-corrected chi connectivity index (χ4v) is 4.65. The smallest absolute Gasteiger partial charge is 0.263 e. The minimum absolute atomic E-state index is 0.00654. The van der Waals surface area contributed by atoms with Crippen molar-refractivity contribution in [3.63, 3.8) is 0 Å². The van der Waals surface area contributed by atoms with Gasteiger partial charge in [0.25, 0.3) is 5.91 Å². The first-order valence-electron chi connectivity index (χ1n) is 8.05. The third-order valence-electron chi connectivity index (χ3n) is 4.87. The second-order valence-electron chi connectivity index (χ2n) is 6.42. The van der Waals surface area contributed by atoms with Crippen LogP contribution < -0.4 is 5.32 Å². The van der Waals surface area contributed by atoms with Gasteiger partial charge >= 0.3 is 0 Å². The number of aryl methyl sites for hydroxylation is 1. The number of allylic oxidation sites excluding steroid dienone is 2. The highest BCUT2D eigenvalue weighted by molar-refractivity contribution is 7.17. The molecule has 0 aliphatic heterocycles. The van der Waals surface area contributed by atoms with E-state index in [1.165, 1.54) is 24.2 Å². The lowest BCUT2D eigenvalue weighted by Crippen LogP contribution is -2.30. The summed E-state index contributed by atoms with van der Waals surface area (Å²) in [5.41, 5.74) is 1.80. The maximum absolute atomic E-state index is 12.5. The summed E-state index contributed by atoms with van der Waals surface area (Å²) in [5, 5.41) is 3.99. The molecule has 2 aliphatic rings. The second-order valence-corrected chi connectivity index (χ2v) is 7.42. The predicted octanol–water partition coefficient (Wildman–Crippen LogP) is 3.46. The van der Waals surface area contributed by atoms with E-state index in [2.05, 4.69) is 27.4 Å². The molecule has 4 rings (SSSR count). The third-order valence-corrected chi connectivity index (χ3v) is 6.08. The molecule has 0 aromatic carbocycles. The molecule has 2 bridgehead atoms. The van der Waals surface area contributed by atoms with Crippen molar-refractivity contribution in [2.45, 2.75) is 19.8 Å². The molecule has 1 N–H and O–H groups in total. The number of fused-ring (bicyclic) bond motifs is 2. The molecule has 2 aromatic rings. The number of rotatable bonds is 4. The third kappa shape index (κ3) is 2.81. The summed E-state index contributed by atoms with van der Waals surface area (Å²) in [5.74, 6) is 2.01. The highest BCUT2D eigenvalue weighted by Gasteiger charge is 2.35. The lowest BCUT2D eigenvalue weighted by atomic mass is 9.93. The number of amides is 1. The van der Waals surface area contributed by atoms with Crippen LogP contribution in [0.15, 0.2) is 36.7 Å². The minimum Gasteiger partial charge on any atom is -0.351 e. The standard InChI is InChI=1S/C18H19N3OS/c1-11-16(23-18(21-11)13-4-6-19-7-5-13)17(22)20-10-15-9-12-2-3-14(15)8-12/h2-7,12,14-15H,8-10H2,1H3,(H,20,22)/t12-,14+,15+/m1/s1. The summed E-state index contributed by atoms with van der Waals surface area (Å²) < 4.78 is 0. The first-order chi connectivity index (χ1) is 11.2. The van der Waals surface area contributed by atoms with E-state index < -0.39 is 0 Å². The maximum Gasteiger partial charge on any atom is 0.263 e. The largest absolute Gasteiger partial charge is 0.351 e. The Morgan fingerprint density at radius 2 is 2.13 bits per heavy atom. The molecule has 2 aromatic heterocycles. The van der Waals surface area contributed by atoms with Crippen LogP contribution >= 0.6 is 11.3 Å². The van der Waals surface area contributed by atoms with Gasteiger partial charge in [-0.05, 0) is 49.7 Å². The van der Waals surface area contributed by atoms with E-state index in [0.29, 0.717) is 11.8 Å². The number of nitrogens with one attached hydrogen (secondary N) is 1. The lowest BCUT2D eigenvalue weighted by molar-refractivity contribution is 0.0948. The number of carbonyl (C=O) groups is 1. The van der Waals surface area contributed by atoms with E-state index in [0.717, 1.165) is 33.6 Å². The van der Waals surface area contributed by atoms with Crippen LogP contribution in [0, 0.1) is 24.7 Å². The molecule has 0 saturated heterocycles. The minimum atomic E-state index is 0.00654. The van der Waals surface area contributed by atoms with Gasteiger partial charge in [0.2, 0.25) is 0 Å². The van der Waals surface area contributed by atoms with E-state index in [1.807, 2.05) is 19.1 Å². The molecule has 1 amide bonds. The monoisotopic (exact) mass is 325 g/mol. The molecule has 0 radical (unpaired) electrons. The van der Waals surface area contributed by atoms with E-state index in [4.69, 9.17) is 0 Å². The topological polar surface area (TPSA) is 54.9 Å². The number of thiazole rings is 1. The van der Waals surface area contributed by atoms with Crippen molar-refractivity contribution in [1.82, 2.24) is 15.3 Å². The SMILES string of the molecule is Cc1nc(-c2ccncc2)sc1C(=O)NC[C@@H]1C[C@@H]2C=C[C@H]1C2. The number of pyridine rings is 1. The molecule has 118 valence electrons. The van der Waals surface area contributed by atoms with Crippen LogP contribution in [0.25, 0.3) is 10.6 Å². The van der Waals surface area contributed by atoms with E-state index in [-0.39, 0.29) is 5.91 Å². The van der Waals surface area contributed by atoms with Crippen molar-refractivity contribution < 1.29 is 4.79 Å². The Morgan fingerprint density at radius 1 is 1.30 bits per heavy atom. The summed E-state index contributed by atoms with van der Waals surface area (Å²) in [7, 11) is 0. The first-order valence-corrected chi connectivity index (χ1v) is 8.86. The van der Waals surface area contributed by atoms with Crippen molar-refractivity contribution in [2.24, 2.45) is 17.8 Å². The fourth-order valence-electron chi connectivity index (χ4n) is 3.66. The molecule has 2 aliphatic carbocycles. The zero-order valence-corrected chi connectivity index (χ0v) is 13.8. The van der Waals surface area contributed by atoms with Gasteiger partial charge in [-0.1, -0.05) is 12.2 Å². The normalized spacial score (nSPS) is 25.0. The Bertz CT molecular complexity index is 753. The molecule has 4 nitrogen and oxygen atoms in total. The van der Waals surface area contributed by atoms with Gasteiger partial charge in [0.15, 0.2) is 0 Å². The van der Waals surface area contributed by atoms with Gasteiger partial charge in [0.1, 0.15) is 9.88 Å². The van der Waals surface area contributed by atoms with Crippen molar-refractivity contribution >= 4 is 17.2 Å². The highest BCUT2D eigenvalue weighted by Crippen LogP contribution is 2.43. The summed E-state index contributed by atoms with van der Waals surface area (Å²) >= 11 is 1.45. The van der Waals surface area contributed by atoms with E-state index in [1.54, 1.807) is 12.4 Å². The fraction of sp³-hybridized carbons (Fsp3) is 0.389. The van der Waals surface area contributed by atoms with Crippen LogP contribution in [0.3, 0.4) is 0 Å². The van der Waals surface area contributed by atoms with Crippen molar-refractivity contribution in [1.29, 1.82) is 0 Å². The Balaban J connectivity index is 1.44. The number of carbonyl (C=O) groups excluding carboxylic acids is 1. The van der Waals surface area contributed by atoms with Crippen LogP contribution in [-0.2, 0) is 0 Å². The summed E-state index contributed by atoms with van der Waals surface area (Å²) in [6, 6.07) is 3.84. The molecule has 5 heteroatoms.